The largest absolute Gasteiger partial charge is 0.454 e. The topological polar surface area (TPSA) is 48.0 Å². The molecule has 5 nitrogen and oxygen atoms in total. The first-order valence-corrected chi connectivity index (χ1v) is 9.23. The molecule has 0 fully saturated rings. The molecule has 5 rings (SSSR count). The van der Waals surface area contributed by atoms with E-state index in [1.165, 1.54) is 0 Å². The smallest absolute Gasteiger partial charge is 0.253 e. The molecule has 28 heavy (non-hydrogen) atoms. The second-order valence-electron chi connectivity index (χ2n) is 6.87. The fraction of sp³-hybridized carbons (Fsp3) is 0.174. The third-order valence-corrected chi connectivity index (χ3v) is 5.04. The first-order chi connectivity index (χ1) is 13.8. The maximum absolute atomic E-state index is 12.6. The maximum Gasteiger partial charge on any atom is 0.253 e. The van der Waals surface area contributed by atoms with Crippen LogP contribution >= 0.6 is 0 Å². The van der Waals surface area contributed by atoms with Crippen LogP contribution in [0.4, 0.5) is 5.69 Å². The minimum Gasteiger partial charge on any atom is -0.454 e. The zero-order valence-electron chi connectivity index (χ0n) is 15.3. The van der Waals surface area contributed by atoms with Crippen molar-refractivity contribution in [2.24, 2.45) is 0 Å². The van der Waals surface area contributed by atoms with Crippen molar-refractivity contribution in [1.82, 2.24) is 0 Å². The van der Waals surface area contributed by atoms with Crippen LogP contribution in [-0.4, -0.2) is 19.3 Å². The Bertz CT molecular complexity index is 1030. The molecule has 0 radical (unpaired) electrons. The third kappa shape index (κ3) is 3.10. The van der Waals surface area contributed by atoms with Gasteiger partial charge in [0.15, 0.2) is 11.5 Å². The second kappa shape index (κ2) is 7.02. The number of carbonyl (C=O) groups is 1. The van der Waals surface area contributed by atoms with Crippen molar-refractivity contribution >= 4 is 11.6 Å². The molecule has 0 spiro atoms. The number of ether oxygens (including phenoxy) is 3. The van der Waals surface area contributed by atoms with Crippen LogP contribution < -0.4 is 14.4 Å². The fourth-order valence-corrected chi connectivity index (χ4v) is 3.62. The summed E-state index contributed by atoms with van der Waals surface area (Å²) in [5, 5.41) is 0. The molecule has 0 saturated heterocycles. The number of amides is 1. The summed E-state index contributed by atoms with van der Waals surface area (Å²) in [5.74, 6) is 1.49. The highest BCUT2D eigenvalue weighted by Crippen LogP contribution is 2.37. The van der Waals surface area contributed by atoms with Crippen LogP contribution in [0.1, 0.15) is 11.1 Å². The monoisotopic (exact) mass is 373 g/mol. The highest BCUT2D eigenvalue weighted by Gasteiger charge is 2.23. The molecule has 0 saturated carbocycles. The summed E-state index contributed by atoms with van der Waals surface area (Å²) in [6.45, 7) is 1.28. The van der Waals surface area contributed by atoms with Crippen molar-refractivity contribution in [2.45, 2.75) is 13.2 Å². The molecule has 140 valence electrons. The molecule has 5 heteroatoms. The van der Waals surface area contributed by atoms with E-state index in [0.717, 1.165) is 39.4 Å². The van der Waals surface area contributed by atoms with Gasteiger partial charge in [-0.25, -0.2) is 0 Å². The van der Waals surface area contributed by atoms with Crippen molar-refractivity contribution in [3.63, 3.8) is 0 Å². The normalized spacial score (nSPS) is 15.3. The van der Waals surface area contributed by atoms with Crippen molar-refractivity contribution in [1.29, 1.82) is 0 Å². The predicted molar refractivity (Wildman–Crippen MR) is 105 cm³/mol. The molecule has 0 unspecified atom stereocenters. The Balaban J connectivity index is 1.51. The summed E-state index contributed by atoms with van der Waals surface area (Å²) in [6.07, 6.45) is 0. The number of hydrogen-bond acceptors (Lipinski definition) is 4. The predicted octanol–water partition coefficient (Wildman–Crippen LogP) is 4.15. The van der Waals surface area contributed by atoms with Gasteiger partial charge in [0.1, 0.15) is 6.61 Å². The van der Waals surface area contributed by atoms with Crippen molar-refractivity contribution < 1.29 is 19.0 Å². The number of benzene rings is 3. The summed E-state index contributed by atoms with van der Waals surface area (Å²) in [7, 11) is 0. The van der Waals surface area contributed by atoms with Gasteiger partial charge in [-0.2, -0.15) is 0 Å². The van der Waals surface area contributed by atoms with Crippen molar-refractivity contribution in [3.8, 4) is 22.6 Å². The third-order valence-electron chi connectivity index (χ3n) is 5.04. The molecule has 2 aliphatic heterocycles. The lowest BCUT2D eigenvalue weighted by Crippen LogP contribution is -2.32. The minimum absolute atomic E-state index is 0.0292. The van der Waals surface area contributed by atoms with E-state index in [9.17, 15) is 4.79 Å². The zero-order chi connectivity index (χ0) is 18.9. The average molecular weight is 373 g/mol. The molecular formula is C23H19NO4. The Morgan fingerprint density at radius 1 is 0.821 bits per heavy atom. The standard InChI is InChI=1S/C23H19NO4/c25-23-14-26-13-19-10-17(18-7-9-21-22(11-18)28-15-27-21)6-8-20(19)24(23)12-16-4-2-1-3-5-16/h1-11H,12-15H2. The highest BCUT2D eigenvalue weighted by molar-refractivity contribution is 5.96. The zero-order valence-corrected chi connectivity index (χ0v) is 15.3. The highest BCUT2D eigenvalue weighted by atomic mass is 16.7. The number of rotatable bonds is 3. The molecule has 0 N–H and O–H groups in total. The van der Waals surface area contributed by atoms with E-state index < -0.39 is 0 Å². The van der Waals surface area contributed by atoms with Gasteiger partial charge in [0, 0.05) is 11.3 Å². The summed E-state index contributed by atoms with van der Waals surface area (Å²) in [4.78, 5) is 14.4. The lowest BCUT2D eigenvalue weighted by Gasteiger charge is -2.23. The van der Waals surface area contributed by atoms with E-state index in [-0.39, 0.29) is 19.3 Å². The van der Waals surface area contributed by atoms with Gasteiger partial charge in [-0.3, -0.25) is 4.79 Å². The number of carbonyl (C=O) groups excluding carboxylic acids is 1. The lowest BCUT2D eigenvalue weighted by molar-refractivity contribution is -0.123. The fourth-order valence-electron chi connectivity index (χ4n) is 3.62. The molecule has 2 aliphatic rings. The van der Waals surface area contributed by atoms with Crippen molar-refractivity contribution in [2.75, 3.05) is 18.3 Å². The van der Waals surface area contributed by atoms with Crippen LogP contribution in [0.2, 0.25) is 0 Å². The lowest BCUT2D eigenvalue weighted by atomic mass is 10.0. The van der Waals surface area contributed by atoms with Gasteiger partial charge in [-0.15, -0.1) is 0 Å². The molecule has 0 atom stereocenters. The van der Waals surface area contributed by atoms with E-state index in [2.05, 4.69) is 6.07 Å². The van der Waals surface area contributed by atoms with Gasteiger partial charge in [-0.1, -0.05) is 42.5 Å². The summed E-state index contributed by atoms with van der Waals surface area (Å²) in [5.41, 5.74) is 5.07. The Labute approximate surface area is 163 Å². The van der Waals surface area contributed by atoms with Gasteiger partial charge in [0.05, 0.1) is 13.2 Å². The molecule has 3 aromatic carbocycles. The van der Waals surface area contributed by atoms with E-state index >= 15 is 0 Å². The first kappa shape index (κ1) is 16.8. The van der Waals surface area contributed by atoms with Crippen molar-refractivity contribution in [3.05, 3.63) is 77.9 Å². The van der Waals surface area contributed by atoms with Gasteiger partial charge < -0.3 is 19.1 Å². The molecular weight excluding hydrogens is 354 g/mol. The van der Waals surface area contributed by atoms with E-state index in [1.54, 1.807) is 4.90 Å². The molecule has 1 amide bonds. The van der Waals surface area contributed by atoms with E-state index in [1.807, 2.05) is 60.7 Å². The molecule has 3 aromatic rings. The van der Waals surface area contributed by atoms with Crippen LogP contribution in [0.3, 0.4) is 0 Å². The Hall–Kier alpha value is -3.31. The van der Waals surface area contributed by atoms with Gasteiger partial charge in [-0.05, 0) is 41.0 Å². The quantitative estimate of drug-likeness (QED) is 0.692. The number of hydrogen-bond donors (Lipinski definition) is 0. The molecule has 0 bridgehead atoms. The van der Waals surface area contributed by atoms with Gasteiger partial charge in [0.25, 0.3) is 5.91 Å². The second-order valence-corrected chi connectivity index (χ2v) is 6.87. The van der Waals surface area contributed by atoms with Crippen LogP contribution in [-0.2, 0) is 22.7 Å². The Morgan fingerprint density at radius 3 is 2.50 bits per heavy atom. The number of anilines is 1. The van der Waals surface area contributed by atoms with Gasteiger partial charge >= 0.3 is 0 Å². The Morgan fingerprint density at radius 2 is 1.61 bits per heavy atom. The number of nitrogens with zero attached hydrogens (tertiary/aromatic N) is 1. The summed E-state index contributed by atoms with van der Waals surface area (Å²) < 4.78 is 16.5. The van der Waals surface area contributed by atoms with Crippen LogP contribution in [0.25, 0.3) is 11.1 Å². The van der Waals surface area contributed by atoms with E-state index in [0.29, 0.717) is 13.2 Å². The summed E-state index contributed by atoms with van der Waals surface area (Å²) in [6, 6.07) is 22.0. The van der Waals surface area contributed by atoms with Crippen LogP contribution in [0.15, 0.2) is 66.7 Å². The van der Waals surface area contributed by atoms with Crippen LogP contribution in [0.5, 0.6) is 11.5 Å². The summed E-state index contributed by atoms with van der Waals surface area (Å²) >= 11 is 0. The maximum atomic E-state index is 12.6. The molecule has 2 heterocycles. The van der Waals surface area contributed by atoms with Crippen LogP contribution in [0, 0.1) is 0 Å². The Kier molecular flexibility index (Phi) is 4.22. The molecule has 0 aromatic heterocycles. The minimum atomic E-state index is -0.0292. The number of fused-ring (bicyclic) bond motifs is 2. The SMILES string of the molecule is O=C1COCc2cc(-c3ccc4c(c3)OCO4)ccc2N1Cc1ccccc1. The first-order valence-electron chi connectivity index (χ1n) is 9.23. The molecule has 0 aliphatic carbocycles. The van der Waals surface area contributed by atoms with Gasteiger partial charge in [0.2, 0.25) is 6.79 Å². The average Bonchev–Trinajstić information content (AvgIpc) is 3.15. The van der Waals surface area contributed by atoms with E-state index in [4.69, 9.17) is 14.2 Å².